The van der Waals surface area contributed by atoms with Crippen LogP contribution in [0, 0.1) is 0 Å². The number of pyridine rings is 1. The summed E-state index contributed by atoms with van der Waals surface area (Å²) in [4.78, 5) is 31.2. The number of carbonyl (C=O) groups is 2. The fourth-order valence-corrected chi connectivity index (χ4v) is 3.78. The third kappa shape index (κ3) is 4.52. The Kier molecular flexibility index (Phi) is 6.10. The molecule has 30 heavy (non-hydrogen) atoms. The number of nitrogens with zero attached hydrogens (tertiary/aromatic N) is 4. The smallest absolute Gasteiger partial charge is 0.244 e. The van der Waals surface area contributed by atoms with E-state index in [1.165, 1.54) is 0 Å². The van der Waals surface area contributed by atoms with E-state index in [4.69, 9.17) is 9.47 Å². The highest BCUT2D eigenvalue weighted by molar-refractivity contribution is 9.10. The molecule has 1 aromatic carbocycles. The molecule has 0 radical (unpaired) electrons. The minimum Gasteiger partial charge on any atom is -0.496 e. The van der Waals surface area contributed by atoms with Gasteiger partial charge in [-0.25, -0.2) is 4.98 Å². The SMILES string of the molecule is COc1cc2nn(CC(=O)N3CCOCC3)cc2cc1CC(=O)c1cccc(Br)n1. The van der Waals surface area contributed by atoms with E-state index in [1.54, 1.807) is 41.0 Å². The van der Waals surface area contributed by atoms with Gasteiger partial charge in [0.1, 0.15) is 22.6 Å². The number of amides is 1. The van der Waals surface area contributed by atoms with Crippen LogP contribution in [0.25, 0.3) is 10.9 Å². The van der Waals surface area contributed by atoms with Gasteiger partial charge in [-0.1, -0.05) is 6.07 Å². The van der Waals surface area contributed by atoms with E-state index >= 15 is 0 Å². The van der Waals surface area contributed by atoms with Gasteiger partial charge in [-0.05, 0) is 34.1 Å². The van der Waals surface area contributed by atoms with Crippen molar-refractivity contribution < 1.29 is 19.1 Å². The lowest BCUT2D eigenvalue weighted by Crippen LogP contribution is -2.42. The molecule has 0 bridgehead atoms. The molecule has 2 aromatic heterocycles. The predicted molar refractivity (Wildman–Crippen MR) is 114 cm³/mol. The van der Waals surface area contributed by atoms with Crippen molar-refractivity contribution in [1.82, 2.24) is 19.7 Å². The largest absolute Gasteiger partial charge is 0.496 e. The third-order valence-corrected chi connectivity index (χ3v) is 5.41. The van der Waals surface area contributed by atoms with Crippen LogP contribution in [-0.4, -0.2) is 64.8 Å². The Morgan fingerprint density at radius 3 is 2.77 bits per heavy atom. The van der Waals surface area contributed by atoms with Gasteiger partial charge in [0.2, 0.25) is 5.91 Å². The van der Waals surface area contributed by atoms with E-state index in [9.17, 15) is 9.59 Å². The van der Waals surface area contributed by atoms with Crippen LogP contribution in [-0.2, 0) is 22.5 Å². The monoisotopic (exact) mass is 472 g/mol. The maximum absolute atomic E-state index is 12.7. The van der Waals surface area contributed by atoms with Crippen LogP contribution in [0.4, 0.5) is 0 Å². The van der Waals surface area contributed by atoms with Crippen LogP contribution in [0.3, 0.4) is 0 Å². The predicted octanol–water partition coefficient (Wildman–Crippen LogP) is 2.49. The van der Waals surface area contributed by atoms with Crippen molar-refractivity contribution in [1.29, 1.82) is 0 Å². The number of rotatable bonds is 6. The number of ketones is 1. The average molecular weight is 473 g/mol. The van der Waals surface area contributed by atoms with Crippen molar-refractivity contribution in [2.75, 3.05) is 33.4 Å². The molecule has 0 unspecified atom stereocenters. The van der Waals surface area contributed by atoms with E-state index in [2.05, 4.69) is 26.0 Å². The number of hydrogen-bond acceptors (Lipinski definition) is 6. The number of morpholine rings is 1. The number of Topliss-reactive ketones (excluding diaryl/α,β-unsaturated/α-hetero) is 1. The number of fused-ring (bicyclic) bond motifs is 1. The normalized spacial score (nSPS) is 14.1. The summed E-state index contributed by atoms with van der Waals surface area (Å²) >= 11 is 3.29. The number of aromatic nitrogens is 3. The number of halogens is 1. The second-order valence-electron chi connectivity index (χ2n) is 6.99. The van der Waals surface area contributed by atoms with Gasteiger partial charge in [0.25, 0.3) is 0 Å². The van der Waals surface area contributed by atoms with Crippen LogP contribution < -0.4 is 4.74 Å². The zero-order valence-electron chi connectivity index (χ0n) is 16.5. The van der Waals surface area contributed by atoms with Gasteiger partial charge in [-0.15, -0.1) is 0 Å². The van der Waals surface area contributed by atoms with E-state index in [-0.39, 0.29) is 24.7 Å². The lowest BCUT2D eigenvalue weighted by molar-refractivity contribution is -0.136. The number of methoxy groups -OCH3 is 1. The summed E-state index contributed by atoms with van der Waals surface area (Å²) in [6.07, 6.45) is 1.97. The first-order chi connectivity index (χ1) is 14.5. The molecular formula is C21H21BrN4O4. The van der Waals surface area contributed by atoms with Crippen LogP contribution in [0.1, 0.15) is 16.1 Å². The number of hydrogen-bond donors (Lipinski definition) is 0. The molecule has 3 aromatic rings. The van der Waals surface area contributed by atoms with Gasteiger partial charge in [-0.2, -0.15) is 5.10 Å². The summed E-state index contributed by atoms with van der Waals surface area (Å²) in [7, 11) is 1.56. The quantitative estimate of drug-likeness (QED) is 0.404. The Balaban J connectivity index is 1.55. The first kappa shape index (κ1) is 20.5. The van der Waals surface area contributed by atoms with Crippen molar-refractivity contribution in [3.63, 3.8) is 0 Å². The first-order valence-corrected chi connectivity index (χ1v) is 10.4. The first-order valence-electron chi connectivity index (χ1n) is 9.59. The Morgan fingerprint density at radius 2 is 2.03 bits per heavy atom. The Labute approximate surface area is 181 Å². The summed E-state index contributed by atoms with van der Waals surface area (Å²) in [5.74, 6) is 0.480. The van der Waals surface area contributed by atoms with Crippen molar-refractivity contribution >= 4 is 38.5 Å². The molecule has 1 aliphatic rings. The van der Waals surface area contributed by atoms with Gasteiger partial charge in [0.15, 0.2) is 5.78 Å². The summed E-state index contributed by atoms with van der Waals surface area (Å²) in [6, 6.07) is 8.92. The minimum atomic E-state index is -0.108. The van der Waals surface area contributed by atoms with E-state index in [1.807, 2.05) is 12.3 Å². The van der Waals surface area contributed by atoms with E-state index in [0.29, 0.717) is 47.9 Å². The van der Waals surface area contributed by atoms with Crippen LogP contribution in [0.5, 0.6) is 5.75 Å². The average Bonchev–Trinajstić information content (AvgIpc) is 3.14. The molecule has 1 aliphatic heterocycles. The van der Waals surface area contributed by atoms with Crippen molar-refractivity contribution in [2.45, 2.75) is 13.0 Å². The highest BCUT2D eigenvalue weighted by Crippen LogP contribution is 2.26. The van der Waals surface area contributed by atoms with Gasteiger partial charge in [0.05, 0.1) is 25.8 Å². The molecule has 4 rings (SSSR count). The molecule has 3 heterocycles. The zero-order chi connectivity index (χ0) is 21.1. The topological polar surface area (TPSA) is 86.5 Å². The molecule has 0 N–H and O–H groups in total. The standard InChI is InChI=1S/C21H21BrN4O4/c1-29-19-11-17-15(9-14(19)10-18(27)16-3-2-4-20(22)23-16)12-26(24-17)13-21(28)25-5-7-30-8-6-25/h2-4,9,11-12H,5-8,10,13H2,1H3. The van der Waals surface area contributed by atoms with Gasteiger partial charge in [-0.3, -0.25) is 14.3 Å². The van der Waals surface area contributed by atoms with E-state index in [0.717, 1.165) is 10.9 Å². The highest BCUT2D eigenvalue weighted by Gasteiger charge is 2.19. The number of carbonyl (C=O) groups excluding carboxylic acids is 2. The fraction of sp³-hybridized carbons (Fsp3) is 0.333. The van der Waals surface area contributed by atoms with Gasteiger partial charge >= 0.3 is 0 Å². The lowest BCUT2D eigenvalue weighted by atomic mass is 10.0. The summed E-state index contributed by atoms with van der Waals surface area (Å²) in [5.41, 5.74) is 1.84. The molecule has 0 aliphatic carbocycles. The molecule has 156 valence electrons. The molecular weight excluding hydrogens is 452 g/mol. The van der Waals surface area contributed by atoms with E-state index < -0.39 is 0 Å². The van der Waals surface area contributed by atoms with Crippen molar-refractivity contribution in [2.24, 2.45) is 0 Å². The van der Waals surface area contributed by atoms with Crippen LogP contribution in [0.2, 0.25) is 0 Å². The maximum Gasteiger partial charge on any atom is 0.244 e. The zero-order valence-corrected chi connectivity index (χ0v) is 18.1. The number of ether oxygens (including phenoxy) is 2. The van der Waals surface area contributed by atoms with Crippen molar-refractivity contribution in [3.8, 4) is 5.75 Å². The summed E-state index contributed by atoms with van der Waals surface area (Å²) < 4.78 is 13.0. The third-order valence-electron chi connectivity index (χ3n) is 4.97. The molecule has 1 saturated heterocycles. The second kappa shape index (κ2) is 8.93. The molecule has 0 spiro atoms. The highest BCUT2D eigenvalue weighted by atomic mass is 79.9. The Morgan fingerprint density at radius 1 is 1.23 bits per heavy atom. The summed E-state index contributed by atoms with van der Waals surface area (Å²) in [5, 5.41) is 5.34. The van der Waals surface area contributed by atoms with Gasteiger partial charge < -0.3 is 14.4 Å². The van der Waals surface area contributed by atoms with Crippen LogP contribution in [0.15, 0.2) is 41.1 Å². The molecule has 9 heteroatoms. The van der Waals surface area contributed by atoms with Crippen LogP contribution >= 0.6 is 15.9 Å². The lowest BCUT2D eigenvalue weighted by Gasteiger charge is -2.26. The number of benzene rings is 1. The minimum absolute atomic E-state index is 0.00852. The molecule has 1 fully saturated rings. The van der Waals surface area contributed by atoms with Gasteiger partial charge in [0, 0.05) is 42.7 Å². The van der Waals surface area contributed by atoms with Crippen molar-refractivity contribution in [3.05, 3.63) is 52.4 Å². The molecule has 0 atom stereocenters. The Bertz CT molecular complexity index is 1090. The molecule has 8 nitrogen and oxygen atoms in total. The maximum atomic E-state index is 12.7. The fourth-order valence-electron chi connectivity index (χ4n) is 3.44. The molecule has 1 amide bonds. The molecule has 0 saturated carbocycles. The Hall–Kier alpha value is -2.78. The summed E-state index contributed by atoms with van der Waals surface area (Å²) in [6.45, 7) is 2.49. The second-order valence-corrected chi connectivity index (χ2v) is 7.80.